The Balaban J connectivity index is 3.61. The van der Waals surface area contributed by atoms with Crippen LogP contribution in [0.15, 0.2) is 0 Å². The minimum atomic E-state index is -0.777. The van der Waals surface area contributed by atoms with Gasteiger partial charge in [0.05, 0.1) is 6.42 Å². The van der Waals surface area contributed by atoms with E-state index in [0.29, 0.717) is 32.1 Å². The fourth-order valence-corrected chi connectivity index (χ4v) is 1.30. The predicted octanol–water partition coefficient (Wildman–Crippen LogP) is 1.49. The van der Waals surface area contributed by atoms with Crippen molar-refractivity contribution in [1.82, 2.24) is 0 Å². The van der Waals surface area contributed by atoms with Gasteiger partial charge in [-0.05, 0) is 31.2 Å². The molecule has 0 saturated carbocycles. The van der Waals surface area contributed by atoms with E-state index >= 15 is 0 Å². The normalized spacial score (nSPS) is 13.1. The van der Waals surface area contributed by atoms with Crippen LogP contribution < -0.4 is 5.73 Å². The number of rotatable bonds is 9. The number of carbonyl (C=O) groups is 1. The van der Waals surface area contributed by atoms with Crippen molar-refractivity contribution in [3.05, 3.63) is 0 Å². The number of hydrogen-bond acceptors (Lipinski definition) is 3. The van der Waals surface area contributed by atoms with Gasteiger partial charge in [0, 0.05) is 13.2 Å². The van der Waals surface area contributed by atoms with Gasteiger partial charge in [0.15, 0.2) is 0 Å². The lowest BCUT2D eigenvalue weighted by molar-refractivity contribution is -0.138. The zero-order chi connectivity index (χ0) is 11.7. The van der Waals surface area contributed by atoms with Crippen LogP contribution in [0.1, 0.15) is 33.1 Å². The summed E-state index contributed by atoms with van der Waals surface area (Å²) in [6.07, 6.45) is 1.88. The Morgan fingerprint density at radius 3 is 2.53 bits per heavy atom. The molecule has 3 N–H and O–H groups in total. The Bertz CT molecular complexity index is 171. The van der Waals surface area contributed by atoms with Gasteiger partial charge in [0.1, 0.15) is 0 Å². The van der Waals surface area contributed by atoms with Gasteiger partial charge in [-0.3, -0.25) is 4.79 Å². The average Bonchev–Trinajstić information content (AvgIpc) is 2.11. The maximum Gasteiger partial charge on any atom is 0.303 e. The molecule has 0 fully saturated rings. The molecule has 1 unspecified atom stereocenters. The second-order valence-electron chi connectivity index (χ2n) is 4.30. The highest BCUT2D eigenvalue weighted by Gasteiger charge is 2.12. The quantitative estimate of drug-likeness (QED) is 0.574. The van der Waals surface area contributed by atoms with E-state index in [0.717, 1.165) is 6.42 Å². The number of hydrogen-bond donors (Lipinski definition) is 2. The van der Waals surface area contributed by atoms with Gasteiger partial charge in [-0.15, -0.1) is 0 Å². The van der Waals surface area contributed by atoms with E-state index < -0.39 is 5.97 Å². The van der Waals surface area contributed by atoms with Crippen molar-refractivity contribution < 1.29 is 14.6 Å². The number of ether oxygens (including phenoxy) is 1. The summed E-state index contributed by atoms with van der Waals surface area (Å²) in [4.78, 5) is 10.5. The molecule has 0 heterocycles. The van der Waals surface area contributed by atoms with Gasteiger partial charge >= 0.3 is 5.97 Å². The van der Waals surface area contributed by atoms with Crippen LogP contribution in [0, 0.1) is 11.8 Å². The van der Waals surface area contributed by atoms with Gasteiger partial charge in [0.2, 0.25) is 0 Å². The van der Waals surface area contributed by atoms with Crippen molar-refractivity contribution in [2.45, 2.75) is 33.1 Å². The summed E-state index contributed by atoms with van der Waals surface area (Å²) in [7, 11) is 0. The van der Waals surface area contributed by atoms with Crippen molar-refractivity contribution in [1.29, 1.82) is 0 Å². The molecule has 15 heavy (non-hydrogen) atoms. The average molecular weight is 217 g/mol. The Morgan fingerprint density at radius 2 is 2.07 bits per heavy atom. The van der Waals surface area contributed by atoms with E-state index in [1.54, 1.807) is 0 Å². The number of aliphatic carboxylic acids is 1. The number of carboxylic acids is 1. The molecule has 90 valence electrons. The smallest absolute Gasteiger partial charge is 0.303 e. The zero-order valence-electron chi connectivity index (χ0n) is 9.74. The second kappa shape index (κ2) is 8.68. The van der Waals surface area contributed by atoms with Crippen molar-refractivity contribution in [2.24, 2.45) is 17.6 Å². The fourth-order valence-electron chi connectivity index (χ4n) is 1.30. The standard InChI is InChI=1S/C11H23NO3/c1-9(2)4-6-15-8-10(3-5-12)7-11(13)14/h9-10H,3-8,12H2,1-2H3,(H,13,14). The minimum Gasteiger partial charge on any atom is -0.481 e. The van der Waals surface area contributed by atoms with Crippen LogP contribution in [0.5, 0.6) is 0 Å². The van der Waals surface area contributed by atoms with Crippen molar-refractivity contribution in [2.75, 3.05) is 19.8 Å². The summed E-state index contributed by atoms with van der Waals surface area (Å²) in [6, 6.07) is 0. The number of nitrogens with two attached hydrogens (primary N) is 1. The molecule has 0 aliphatic carbocycles. The molecule has 0 radical (unpaired) electrons. The van der Waals surface area contributed by atoms with Crippen LogP contribution in [0.4, 0.5) is 0 Å². The SMILES string of the molecule is CC(C)CCOCC(CCN)CC(=O)O. The molecule has 4 nitrogen and oxygen atoms in total. The van der Waals surface area contributed by atoms with Crippen LogP contribution in [-0.4, -0.2) is 30.8 Å². The molecule has 0 aromatic heterocycles. The maximum atomic E-state index is 10.5. The third-order valence-electron chi connectivity index (χ3n) is 2.23. The maximum absolute atomic E-state index is 10.5. The first-order valence-corrected chi connectivity index (χ1v) is 5.55. The minimum absolute atomic E-state index is 0.0552. The predicted molar refractivity (Wildman–Crippen MR) is 59.7 cm³/mol. The fraction of sp³-hybridized carbons (Fsp3) is 0.909. The highest BCUT2D eigenvalue weighted by atomic mass is 16.5. The lowest BCUT2D eigenvalue weighted by Gasteiger charge is -2.14. The van der Waals surface area contributed by atoms with E-state index in [-0.39, 0.29) is 12.3 Å². The van der Waals surface area contributed by atoms with E-state index in [1.807, 2.05) is 0 Å². The van der Waals surface area contributed by atoms with Gasteiger partial charge in [-0.1, -0.05) is 13.8 Å². The molecular weight excluding hydrogens is 194 g/mol. The Labute approximate surface area is 91.8 Å². The van der Waals surface area contributed by atoms with Crippen molar-refractivity contribution in [3.63, 3.8) is 0 Å². The summed E-state index contributed by atoms with van der Waals surface area (Å²) in [5.41, 5.74) is 5.41. The molecule has 4 heteroatoms. The van der Waals surface area contributed by atoms with Crippen LogP contribution in [-0.2, 0) is 9.53 Å². The van der Waals surface area contributed by atoms with E-state index in [4.69, 9.17) is 15.6 Å². The molecule has 0 aromatic carbocycles. The summed E-state index contributed by atoms with van der Waals surface area (Å²) in [5, 5.41) is 8.66. The molecule has 0 aliphatic rings. The third kappa shape index (κ3) is 9.69. The Hall–Kier alpha value is -0.610. The van der Waals surface area contributed by atoms with Gasteiger partial charge in [-0.2, -0.15) is 0 Å². The van der Waals surface area contributed by atoms with Gasteiger partial charge < -0.3 is 15.6 Å². The van der Waals surface area contributed by atoms with Crippen LogP contribution in [0.25, 0.3) is 0 Å². The first kappa shape index (κ1) is 14.4. The Kier molecular flexibility index (Phi) is 8.33. The molecular formula is C11H23NO3. The lowest BCUT2D eigenvalue weighted by Crippen LogP contribution is -2.18. The van der Waals surface area contributed by atoms with E-state index in [1.165, 1.54) is 0 Å². The van der Waals surface area contributed by atoms with Gasteiger partial charge in [-0.25, -0.2) is 0 Å². The summed E-state index contributed by atoms with van der Waals surface area (Å²) >= 11 is 0. The van der Waals surface area contributed by atoms with Crippen molar-refractivity contribution in [3.8, 4) is 0 Å². The topological polar surface area (TPSA) is 72.5 Å². The summed E-state index contributed by atoms with van der Waals surface area (Å²) in [6.45, 7) is 6.01. The summed E-state index contributed by atoms with van der Waals surface area (Å²) in [5.74, 6) is -0.0991. The Morgan fingerprint density at radius 1 is 1.40 bits per heavy atom. The molecule has 1 atom stereocenters. The molecule has 0 aromatic rings. The second-order valence-corrected chi connectivity index (χ2v) is 4.30. The highest BCUT2D eigenvalue weighted by Crippen LogP contribution is 2.09. The lowest BCUT2D eigenvalue weighted by atomic mass is 10.0. The first-order chi connectivity index (χ1) is 7.06. The number of carboxylic acid groups (broad SMARTS) is 1. The zero-order valence-corrected chi connectivity index (χ0v) is 9.74. The highest BCUT2D eigenvalue weighted by molar-refractivity contribution is 5.67. The molecule has 0 spiro atoms. The molecule has 0 rings (SSSR count). The van der Waals surface area contributed by atoms with Crippen LogP contribution >= 0.6 is 0 Å². The third-order valence-corrected chi connectivity index (χ3v) is 2.23. The van der Waals surface area contributed by atoms with E-state index in [9.17, 15) is 4.79 Å². The van der Waals surface area contributed by atoms with Crippen LogP contribution in [0.3, 0.4) is 0 Å². The molecule has 0 saturated heterocycles. The van der Waals surface area contributed by atoms with Crippen LogP contribution in [0.2, 0.25) is 0 Å². The molecule has 0 aliphatic heterocycles. The largest absolute Gasteiger partial charge is 0.481 e. The summed E-state index contributed by atoms with van der Waals surface area (Å²) < 4.78 is 5.44. The van der Waals surface area contributed by atoms with E-state index in [2.05, 4.69) is 13.8 Å². The monoisotopic (exact) mass is 217 g/mol. The molecule has 0 bridgehead atoms. The van der Waals surface area contributed by atoms with Gasteiger partial charge in [0.25, 0.3) is 0 Å². The molecule has 0 amide bonds. The first-order valence-electron chi connectivity index (χ1n) is 5.55. The van der Waals surface area contributed by atoms with Crippen molar-refractivity contribution >= 4 is 5.97 Å².